The van der Waals surface area contributed by atoms with E-state index >= 15 is 0 Å². The molecule has 0 spiro atoms. The van der Waals surface area contributed by atoms with E-state index < -0.39 is 5.97 Å². The molecule has 0 aliphatic carbocycles. The second-order valence-corrected chi connectivity index (χ2v) is 4.89. The van der Waals surface area contributed by atoms with E-state index in [-0.39, 0.29) is 11.5 Å². The quantitative estimate of drug-likeness (QED) is 0.803. The van der Waals surface area contributed by atoms with Gasteiger partial charge in [-0.05, 0) is 42.8 Å². The number of halogens is 1. The Hall–Kier alpha value is -2.69. The first-order chi connectivity index (χ1) is 10.1. The molecule has 0 saturated heterocycles. The van der Waals surface area contributed by atoms with Crippen LogP contribution in [0.25, 0.3) is 10.9 Å². The number of benzene rings is 1. The van der Waals surface area contributed by atoms with Crippen LogP contribution < -0.4 is 0 Å². The number of nitrogens with zero attached hydrogens (tertiary/aromatic N) is 2. The van der Waals surface area contributed by atoms with Gasteiger partial charge in [-0.25, -0.2) is 9.18 Å². The van der Waals surface area contributed by atoms with Crippen LogP contribution in [0.1, 0.15) is 21.7 Å². The van der Waals surface area contributed by atoms with Crippen molar-refractivity contribution in [3.05, 3.63) is 65.4 Å². The summed E-state index contributed by atoms with van der Waals surface area (Å²) in [4.78, 5) is 15.7. The highest BCUT2D eigenvalue weighted by atomic mass is 19.1. The summed E-state index contributed by atoms with van der Waals surface area (Å²) in [5.74, 6) is -1.43. The lowest BCUT2D eigenvalue weighted by atomic mass is 10.2. The minimum atomic E-state index is -1.04. The number of carboxylic acids is 1. The van der Waals surface area contributed by atoms with Gasteiger partial charge in [0.1, 0.15) is 11.5 Å². The summed E-state index contributed by atoms with van der Waals surface area (Å²) < 4.78 is 14.9. The number of aromatic carboxylic acids is 1. The van der Waals surface area contributed by atoms with Crippen LogP contribution in [0, 0.1) is 12.7 Å². The molecule has 0 saturated carbocycles. The average molecular weight is 284 g/mol. The second kappa shape index (κ2) is 5.01. The van der Waals surface area contributed by atoms with E-state index in [4.69, 9.17) is 0 Å². The first kappa shape index (κ1) is 13.3. The van der Waals surface area contributed by atoms with Gasteiger partial charge in [-0.1, -0.05) is 6.07 Å². The van der Waals surface area contributed by atoms with Gasteiger partial charge < -0.3 is 9.67 Å². The summed E-state index contributed by atoms with van der Waals surface area (Å²) in [6, 6.07) is 9.50. The molecule has 21 heavy (non-hydrogen) atoms. The van der Waals surface area contributed by atoms with Crippen molar-refractivity contribution in [2.45, 2.75) is 13.5 Å². The third-order valence-corrected chi connectivity index (χ3v) is 3.51. The van der Waals surface area contributed by atoms with Gasteiger partial charge in [-0.3, -0.25) is 4.98 Å². The van der Waals surface area contributed by atoms with Gasteiger partial charge in [0, 0.05) is 17.1 Å². The number of fused-ring (bicyclic) bond motifs is 1. The number of carbonyl (C=O) groups is 1. The Balaban J connectivity index is 2.18. The van der Waals surface area contributed by atoms with E-state index in [0.29, 0.717) is 17.4 Å². The minimum absolute atomic E-state index is 0.126. The average Bonchev–Trinajstić information content (AvgIpc) is 2.79. The predicted molar refractivity (Wildman–Crippen MR) is 76.9 cm³/mol. The highest BCUT2D eigenvalue weighted by Crippen LogP contribution is 2.22. The molecule has 2 aromatic heterocycles. The summed E-state index contributed by atoms with van der Waals surface area (Å²) in [6.45, 7) is 2.26. The van der Waals surface area contributed by atoms with Gasteiger partial charge in [0.25, 0.3) is 0 Å². The monoisotopic (exact) mass is 284 g/mol. The van der Waals surface area contributed by atoms with Crippen molar-refractivity contribution >= 4 is 16.9 Å². The summed E-state index contributed by atoms with van der Waals surface area (Å²) in [7, 11) is 0. The van der Waals surface area contributed by atoms with Crippen molar-refractivity contribution in [2.75, 3.05) is 0 Å². The van der Waals surface area contributed by atoms with Crippen LogP contribution in [0.2, 0.25) is 0 Å². The fourth-order valence-electron chi connectivity index (χ4n) is 2.42. The molecular weight excluding hydrogens is 271 g/mol. The lowest BCUT2D eigenvalue weighted by Gasteiger charge is -2.10. The van der Waals surface area contributed by atoms with Crippen LogP contribution in [0.5, 0.6) is 0 Å². The number of hydrogen-bond donors (Lipinski definition) is 1. The summed E-state index contributed by atoms with van der Waals surface area (Å²) in [6.07, 6.45) is 1.67. The smallest absolute Gasteiger partial charge is 0.352 e. The molecule has 2 heterocycles. The highest BCUT2D eigenvalue weighted by Gasteiger charge is 2.16. The van der Waals surface area contributed by atoms with E-state index in [1.165, 1.54) is 18.2 Å². The SMILES string of the molecule is Cc1cccnc1Cn1c(C(=O)O)cc2cc(F)ccc21. The largest absolute Gasteiger partial charge is 0.477 e. The second-order valence-electron chi connectivity index (χ2n) is 4.89. The highest BCUT2D eigenvalue weighted by molar-refractivity contribution is 5.94. The lowest BCUT2D eigenvalue weighted by molar-refractivity contribution is 0.0686. The van der Waals surface area contributed by atoms with E-state index in [0.717, 1.165) is 11.3 Å². The van der Waals surface area contributed by atoms with E-state index in [9.17, 15) is 14.3 Å². The van der Waals surface area contributed by atoms with Crippen LogP contribution in [-0.2, 0) is 6.54 Å². The van der Waals surface area contributed by atoms with Gasteiger partial charge in [-0.2, -0.15) is 0 Å². The van der Waals surface area contributed by atoms with Gasteiger partial charge in [0.05, 0.1) is 12.2 Å². The van der Waals surface area contributed by atoms with E-state index in [1.54, 1.807) is 16.8 Å². The predicted octanol–water partition coefficient (Wildman–Crippen LogP) is 3.23. The Morgan fingerprint density at radius 2 is 2.14 bits per heavy atom. The molecule has 0 unspecified atom stereocenters. The Morgan fingerprint density at radius 1 is 1.33 bits per heavy atom. The number of carboxylic acid groups (broad SMARTS) is 1. The van der Waals surface area contributed by atoms with Crippen LogP contribution >= 0.6 is 0 Å². The lowest BCUT2D eigenvalue weighted by Crippen LogP contribution is -2.11. The first-order valence-electron chi connectivity index (χ1n) is 6.49. The van der Waals surface area contributed by atoms with Crippen LogP contribution in [0.4, 0.5) is 4.39 Å². The molecule has 5 heteroatoms. The molecule has 4 nitrogen and oxygen atoms in total. The fraction of sp³-hybridized carbons (Fsp3) is 0.125. The van der Waals surface area contributed by atoms with Crippen molar-refractivity contribution in [2.24, 2.45) is 0 Å². The molecule has 3 rings (SSSR count). The topological polar surface area (TPSA) is 55.1 Å². The molecule has 0 bridgehead atoms. The van der Waals surface area contributed by atoms with Crippen molar-refractivity contribution in [3.8, 4) is 0 Å². The molecule has 3 aromatic rings. The van der Waals surface area contributed by atoms with Crippen LogP contribution in [0.3, 0.4) is 0 Å². The molecule has 0 amide bonds. The Bertz CT molecular complexity index is 839. The van der Waals surface area contributed by atoms with Gasteiger partial charge >= 0.3 is 5.97 Å². The summed E-state index contributed by atoms with van der Waals surface area (Å²) in [5, 5.41) is 9.92. The maximum absolute atomic E-state index is 13.3. The standard InChI is InChI=1S/C16H13FN2O2/c1-10-3-2-6-18-13(10)9-19-14-5-4-12(17)7-11(14)8-15(19)16(20)21/h2-8H,9H2,1H3,(H,20,21). The molecule has 0 radical (unpaired) electrons. The molecule has 0 fully saturated rings. The number of aryl methyl sites for hydroxylation is 1. The Labute approximate surface area is 120 Å². The number of aromatic nitrogens is 2. The van der Waals surface area contributed by atoms with Crippen molar-refractivity contribution in [1.29, 1.82) is 0 Å². The zero-order valence-electron chi connectivity index (χ0n) is 11.4. The molecule has 106 valence electrons. The number of pyridine rings is 1. The van der Waals surface area contributed by atoms with Crippen LogP contribution in [0.15, 0.2) is 42.6 Å². The molecule has 0 aliphatic heterocycles. The van der Waals surface area contributed by atoms with Gasteiger partial charge in [-0.15, -0.1) is 0 Å². The third-order valence-electron chi connectivity index (χ3n) is 3.51. The maximum Gasteiger partial charge on any atom is 0.352 e. The molecule has 1 N–H and O–H groups in total. The zero-order chi connectivity index (χ0) is 15.0. The van der Waals surface area contributed by atoms with Crippen molar-refractivity contribution < 1.29 is 14.3 Å². The first-order valence-corrected chi connectivity index (χ1v) is 6.49. The Morgan fingerprint density at radius 3 is 2.86 bits per heavy atom. The third kappa shape index (κ3) is 2.38. The van der Waals surface area contributed by atoms with Crippen LogP contribution in [-0.4, -0.2) is 20.6 Å². The summed E-state index contributed by atoms with van der Waals surface area (Å²) in [5.41, 5.74) is 2.58. The molecular formula is C16H13FN2O2. The number of rotatable bonds is 3. The number of hydrogen-bond acceptors (Lipinski definition) is 2. The van der Waals surface area contributed by atoms with E-state index in [2.05, 4.69) is 4.98 Å². The maximum atomic E-state index is 13.3. The zero-order valence-corrected chi connectivity index (χ0v) is 11.4. The Kier molecular flexibility index (Phi) is 3.17. The van der Waals surface area contributed by atoms with Crippen molar-refractivity contribution in [1.82, 2.24) is 9.55 Å². The van der Waals surface area contributed by atoms with Gasteiger partial charge in [0.2, 0.25) is 0 Å². The molecule has 0 aliphatic rings. The van der Waals surface area contributed by atoms with E-state index in [1.807, 2.05) is 19.1 Å². The van der Waals surface area contributed by atoms with Crippen molar-refractivity contribution in [3.63, 3.8) is 0 Å². The molecule has 1 aromatic carbocycles. The van der Waals surface area contributed by atoms with Gasteiger partial charge in [0.15, 0.2) is 0 Å². The molecule has 0 atom stereocenters. The summed E-state index contributed by atoms with van der Waals surface area (Å²) >= 11 is 0. The normalized spacial score (nSPS) is 11.0. The minimum Gasteiger partial charge on any atom is -0.477 e. The fourth-order valence-corrected chi connectivity index (χ4v) is 2.42.